The summed E-state index contributed by atoms with van der Waals surface area (Å²) in [5.41, 5.74) is 1.99. The number of rotatable bonds is 7. The van der Waals surface area contributed by atoms with E-state index in [0.29, 0.717) is 17.8 Å². The van der Waals surface area contributed by atoms with Crippen LogP contribution in [0, 0.1) is 0 Å². The van der Waals surface area contributed by atoms with E-state index in [0.717, 1.165) is 42.2 Å². The molecule has 1 heterocycles. The summed E-state index contributed by atoms with van der Waals surface area (Å²) in [6.45, 7) is 0.0426. The van der Waals surface area contributed by atoms with E-state index in [1.165, 1.54) is 0 Å². The van der Waals surface area contributed by atoms with Gasteiger partial charge in [-0.05, 0) is 56.2 Å². The number of carbonyl (C=O) groups excluding carboxylic acids is 2. The number of nitrogens with one attached hydrogen (secondary N) is 1. The highest BCUT2D eigenvalue weighted by molar-refractivity contribution is 5.83. The first-order valence-corrected chi connectivity index (χ1v) is 8.72. The highest BCUT2D eigenvalue weighted by Crippen LogP contribution is 2.28. The van der Waals surface area contributed by atoms with Gasteiger partial charge in [-0.1, -0.05) is 0 Å². The molecule has 7 heteroatoms. The molecule has 0 spiro atoms. The molecule has 1 aromatic carbocycles. The Balaban J connectivity index is 1.63. The molecule has 138 valence electrons. The fourth-order valence-corrected chi connectivity index (χ4v) is 3.18. The van der Waals surface area contributed by atoms with E-state index in [1.54, 1.807) is 12.1 Å². The van der Waals surface area contributed by atoms with Crippen molar-refractivity contribution in [3.63, 3.8) is 0 Å². The van der Waals surface area contributed by atoms with Crippen LogP contribution in [-0.4, -0.2) is 25.0 Å². The van der Waals surface area contributed by atoms with Gasteiger partial charge >= 0.3 is 5.63 Å². The van der Waals surface area contributed by atoms with Gasteiger partial charge in [-0.25, -0.2) is 4.79 Å². The normalized spacial score (nSPS) is 13.2. The van der Waals surface area contributed by atoms with Crippen molar-refractivity contribution in [3.8, 4) is 5.75 Å². The number of aliphatic carboxylic acids is 1. The number of carbonyl (C=O) groups is 2. The standard InChI is InChI=1S/C19H21NO6/c21-17(20-9-3-6-18(22)23)11-25-12-7-8-14-13-4-1-2-5-15(13)19(24)26-16(14)10-12/h7-8,10H,1-6,9,11H2,(H,20,21)(H,22,23)/p-1. The van der Waals surface area contributed by atoms with Crippen molar-refractivity contribution in [2.75, 3.05) is 13.2 Å². The van der Waals surface area contributed by atoms with Gasteiger partial charge in [0.05, 0.1) is 0 Å². The number of benzene rings is 1. The first kappa shape index (κ1) is 18.0. The lowest BCUT2D eigenvalue weighted by molar-refractivity contribution is -0.305. The van der Waals surface area contributed by atoms with Crippen molar-refractivity contribution in [2.24, 2.45) is 0 Å². The second kappa shape index (κ2) is 8.03. The molecule has 0 saturated heterocycles. The van der Waals surface area contributed by atoms with E-state index in [4.69, 9.17) is 9.15 Å². The predicted molar refractivity (Wildman–Crippen MR) is 91.9 cm³/mol. The summed E-state index contributed by atoms with van der Waals surface area (Å²) >= 11 is 0. The van der Waals surface area contributed by atoms with Gasteiger partial charge in [-0.2, -0.15) is 0 Å². The number of amides is 1. The third-order valence-corrected chi connectivity index (χ3v) is 4.44. The topological polar surface area (TPSA) is 109 Å². The van der Waals surface area contributed by atoms with E-state index in [1.807, 2.05) is 6.07 Å². The number of ether oxygens (including phenoxy) is 1. The van der Waals surface area contributed by atoms with E-state index in [-0.39, 0.29) is 31.1 Å². The van der Waals surface area contributed by atoms with Crippen LogP contribution in [0.15, 0.2) is 27.4 Å². The molecule has 0 bridgehead atoms. The summed E-state index contributed by atoms with van der Waals surface area (Å²) in [6, 6.07) is 5.23. The minimum absolute atomic E-state index is 0.102. The van der Waals surface area contributed by atoms with E-state index in [2.05, 4.69) is 5.32 Å². The van der Waals surface area contributed by atoms with Crippen molar-refractivity contribution < 1.29 is 23.8 Å². The monoisotopic (exact) mass is 358 g/mol. The summed E-state index contributed by atoms with van der Waals surface area (Å²) in [6.07, 6.45) is 3.88. The molecule has 0 aliphatic heterocycles. The average molecular weight is 358 g/mol. The fourth-order valence-electron chi connectivity index (χ4n) is 3.18. The molecule has 0 radical (unpaired) electrons. The Morgan fingerprint density at radius 1 is 1.19 bits per heavy atom. The van der Waals surface area contributed by atoms with Crippen LogP contribution in [0.2, 0.25) is 0 Å². The number of carboxylic acids is 1. The molecule has 0 unspecified atom stereocenters. The SMILES string of the molecule is O=C([O-])CCCNC(=O)COc1ccc2c3c(c(=O)oc2c1)CCCC3. The Morgan fingerprint density at radius 2 is 1.96 bits per heavy atom. The second-order valence-corrected chi connectivity index (χ2v) is 6.33. The maximum absolute atomic E-state index is 12.1. The predicted octanol–water partition coefficient (Wildman–Crippen LogP) is 0.697. The van der Waals surface area contributed by atoms with Gasteiger partial charge in [0.1, 0.15) is 11.3 Å². The van der Waals surface area contributed by atoms with Crippen LogP contribution in [0.1, 0.15) is 36.8 Å². The molecule has 7 nitrogen and oxygen atoms in total. The second-order valence-electron chi connectivity index (χ2n) is 6.33. The van der Waals surface area contributed by atoms with Gasteiger partial charge in [-0.15, -0.1) is 0 Å². The molecular weight excluding hydrogens is 338 g/mol. The molecule has 1 aliphatic carbocycles. The minimum atomic E-state index is -1.14. The van der Waals surface area contributed by atoms with Gasteiger partial charge in [0.2, 0.25) is 0 Å². The molecule has 1 amide bonds. The van der Waals surface area contributed by atoms with Crippen molar-refractivity contribution in [3.05, 3.63) is 39.7 Å². The van der Waals surface area contributed by atoms with Gasteiger partial charge in [0.15, 0.2) is 6.61 Å². The van der Waals surface area contributed by atoms with Crippen molar-refractivity contribution in [1.29, 1.82) is 0 Å². The molecule has 0 atom stereocenters. The molecule has 26 heavy (non-hydrogen) atoms. The molecule has 2 aromatic rings. The Morgan fingerprint density at radius 3 is 2.73 bits per heavy atom. The largest absolute Gasteiger partial charge is 0.550 e. The molecule has 3 rings (SSSR count). The molecule has 1 N–H and O–H groups in total. The van der Waals surface area contributed by atoms with Gasteiger partial charge < -0.3 is 24.4 Å². The highest BCUT2D eigenvalue weighted by Gasteiger charge is 2.18. The van der Waals surface area contributed by atoms with Crippen molar-refractivity contribution in [1.82, 2.24) is 5.32 Å². The van der Waals surface area contributed by atoms with Gasteiger partial charge in [0, 0.05) is 29.5 Å². The number of fused-ring (bicyclic) bond motifs is 3. The lowest BCUT2D eigenvalue weighted by atomic mass is 9.91. The van der Waals surface area contributed by atoms with Crippen molar-refractivity contribution >= 4 is 22.8 Å². The first-order chi connectivity index (χ1) is 12.5. The fraction of sp³-hybridized carbons (Fsp3) is 0.421. The third kappa shape index (κ3) is 4.22. The summed E-state index contributed by atoms with van der Waals surface area (Å²) in [4.78, 5) is 34.1. The Kier molecular flexibility index (Phi) is 5.55. The number of hydrogen-bond donors (Lipinski definition) is 1. The van der Waals surface area contributed by atoms with E-state index < -0.39 is 5.97 Å². The maximum atomic E-state index is 12.1. The van der Waals surface area contributed by atoms with Crippen LogP contribution >= 0.6 is 0 Å². The maximum Gasteiger partial charge on any atom is 0.339 e. The molecule has 0 saturated carbocycles. The Bertz CT molecular complexity index is 885. The molecule has 1 aliphatic rings. The van der Waals surface area contributed by atoms with Gasteiger partial charge in [0.25, 0.3) is 5.91 Å². The zero-order valence-electron chi connectivity index (χ0n) is 14.3. The molecule has 1 aromatic heterocycles. The zero-order chi connectivity index (χ0) is 18.5. The highest BCUT2D eigenvalue weighted by atomic mass is 16.5. The van der Waals surface area contributed by atoms with Crippen LogP contribution in [0.25, 0.3) is 11.0 Å². The van der Waals surface area contributed by atoms with Crippen LogP contribution in [-0.2, 0) is 22.4 Å². The number of carboxylic acid groups (broad SMARTS) is 1. The van der Waals surface area contributed by atoms with Crippen molar-refractivity contribution in [2.45, 2.75) is 38.5 Å². The first-order valence-electron chi connectivity index (χ1n) is 8.72. The van der Waals surface area contributed by atoms with E-state index in [9.17, 15) is 19.5 Å². The van der Waals surface area contributed by atoms with Crippen LogP contribution < -0.4 is 20.8 Å². The Labute approximate surface area is 150 Å². The van der Waals surface area contributed by atoms with Crippen LogP contribution in [0.3, 0.4) is 0 Å². The smallest absolute Gasteiger partial charge is 0.339 e. The van der Waals surface area contributed by atoms with E-state index >= 15 is 0 Å². The summed E-state index contributed by atoms with van der Waals surface area (Å²) in [7, 11) is 0. The number of hydrogen-bond acceptors (Lipinski definition) is 6. The van der Waals surface area contributed by atoms with Gasteiger partial charge in [-0.3, -0.25) is 4.79 Å². The molecule has 0 fully saturated rings. The lowest BCUT2D eigenvalue weighted by Gasteiger charge is -2.16. The summed E-state index contributed by atoms with van der Waals surface area (Å²) in [5, 5.41) is 13.8. The van der Waals surface area contributed by atoms with Crippen LogP contribution in [0.5, 0.6) is 5.75 Å². The zero-order valence-corrected chi connectivity index (χ0v) is 14.3. The quantitative estimate of drug-likeness (QED) is 0.576. The van der Waals surface area contributed by atoms with Crippen LogP contribution in [0.4, 0.5) is 0 Å². The lowest BCUT2D eigenvalue weighted by Crippen LogP contribution is -2.31. The number of aryl methyl sites for hydroxylation is 1. The molecular formula is C19H20NO6-. The Hall–Kier alpha value is -2.83. The third-order valence-electron chi connectivity index (χ3n) is 4.44. The summed E-state index contributed by atoms with van der Waals surface area (Å²) in [5.74, 6) is -1.06. The average Bonchev–Trinajstić information content (AvgIpc) is 2.63. The summed E-state index contributed by atoms with van der Waals surface area (Å²) < 4.78 is 10.8. The minimum Gasteiger partial charge on any atom is -0.550 e.